The van der Waals surface area contributed by atoms with Crippen LogP contribution in [0.5, 0.6) is 0 Å². The predicted molar refractivity (Wildman–Crippen MR) is 71.2 cm³/mol. The first-order valence-electron chi connectivity index (χ1n) is 5.30. The second kappa shape index (κ2) is 3.76. The molecular formula is C15H8ClN. The lowest BCUT2D eigenvalue weighted by atomic mass is 10.0. The van der Waals surface area contributed by atoms with Gasteiger partial charge in [-0.3, -0.25) is 0 Å². The SMILES string of the molecule is N#Cc1ccc2ccc3cc(Cl)ccc3c2c1. The summed E-state index contributed by atoms with van der Waals surface area (Å²) in [5, 5.41) is 14.1. The molecule has 0 bridgehead atoms. The standard InChI is InChI=1S/C15H8ClN/c16-13-5-6-14-12(8-13)4-3-11-2-1-10(9-17)7-15(11)14/h1-8H. The zero-order valence-corrected chi connectivity index (χ0v) is 9.70. The van der Waals surface area contributed by atoms with Gasteiger partial charge in [0.2, 0.25) is 0 Å². The Balaban J connectivity index is 2.49. The monoisotopic (exact) mass is 237 g/mol. The average Bonchev–Trinajstić information content (AvgIpc) is 2.37. The molecule has 0 N–H and O–H groups in total. The van der Waals surface area contributed by atoms with Crippen molar-refractivity contribution in [2.45, 2.75) is 0 Å². The fraction of sp³-hybridized carbons (Fsp3) is 0. The molecule has 0 unspecified atom stereocenters. The zero-order chi connectivity index (χ0) is 11.8. The number of halogens is 1. The number of hydrogen-bond acceptors (Lipinski definition) is 1. The quantitative estimate of drug-likeness (QED) is 0.528. The predicted octanol–water partition coefficient (Wildman–Crippen LogP) is 4.52. The summed E-state index contributed by atoms with van der Waals surface area (Å²) in [5.74, 6) is 0. The van der Waals surface area contributed by atoms with Crippen LogP contribution in [0.25, 0.3) is 21.5 Å². The lowest BCUT2D eigenvalue weighted by molar-refractivity contribution is 1.50. The number of hydrogen-bond donors (Lipinski definition) is 0. The molecule has 0 fully saturated rings. The van der Waals surface area contributed by atoms with Gasteiger partial charge in [-0.05, 0) is 45.8 Å². The molecule has 0 aliphatic heterocycles. The minimum atomic E-state index is 0.681. The van der Waals surface area contributed by atoms with Gasteiger partial charge in [-0.1, -0.05) is 35.9 Å². The van der Waals surface area contributed by atoms with Crippen LogP contribution in [0.2, 0.25) is 5.02 Å². The molecule has 2 heteroatoms. The normalized spacial score (nSPS) is 10.6. The van der Waals surface area contributed by atoms with Gasteiger partial charge in [0, 0.05) is 5.02 Å². The van der Waals surface area contributed by atoms with Crippen LogP contribution in [-0.2, 0) is 0 Å². The summed E-state index contributed by atoms with van der Waals surface area (Å²) in [6, 6.07) is 17.8. The number of nitriles is 1. The van der Waals surface area contributed by atoms with Crippen LogP contribution in [-0.4, -0.2) is 0 Å². The van der Waals surface area contributed by atoms with E-state index in [-0.39, 0.29) is 0 Å². The van der Waals surface area contributed by atoms with Crippen LogP contribution in [0, 0.1) is 11.3 Å². The van der Waals surface area contributed by atoms with E-state index in [0.717, 1.165) is 26.6 Å². The van der Waals surface area contributed by atoms with E-state index in [2.05, 4.69) is 18.2 Å². The van der Waals surface area contributed by atoms with E-state index in [0.29, 0.717) is 5.56 Å². The first kappa shape index (κ1) is 10.1. The molecule has 80 valence electrons. The van der Waals surface area contributed by atoms with Gasteiger partial charge in [-0.15, -0.1) is 0 Å². The molecule has 0 aliphatic rings. The van der Waals surface area contributed by atoms with Crippen LogP contribution < -0.4 is 0 Å². The molecule has 0 spiro atoms. The number of nitrogens with zero attached hydrogens (tertiary/aromatic N) is 1. The Morgan fingerprint density at radius 1 is 0.824 bits per heavy atom. The van der Waals surface area contributed by atoms with Crippen molar-refractivity contribution in [2.75, 3.05) is 0 Å². The largest absolute Gasteiger partial charge is 0.192 e. The van der Waals surface area contributed by atoms with Crippen LogP contribution in [0.15, 0.2) is 48.5 Å². The van der Waals surface area contributed by atoms with Gasteiger partial charge in [0.05, 0.1) is 11.6 Å². The first-order chi connectivity index (χ1) is 8.28. The number of fused-ring (bicyclic) bond motifs is 3. The fourth-order valence-electron chi connectivity index (χ4n) is 2.10. The van der Waals surface area contributed by atoms with E-state index in [1.165, 1.54) is 0 Å². The third kappa shape index (κ3) is 1.63. The number of benzene rings is 3. The molecule has 1 nitrogen and oxygen atoms in total. The molecule has 0 saturated heterocycles. The van der Waals surface area contributed by atoms with Crippen molar-refractivity contribution in [1.29, 1.82) is 5.26 Å². The fourth-order valence-corrected chi connectivity index (χ4v) is 2.28. The molecule has 3 aromatic carbocycles. The second-order valence-corrected chi connectivity index (χ2v) is 4.42. The first-order valence-corrected chi connectivity index (χ1v) is 5.68. The molecule has 0 radical (unpaired) electrons. The Morgan fingerprint density at radius 3 is 2.41 bits per heavy atom. The van der Waals surface area contributed by atoms with E-state index in [1.807, 2.05) is 36.4 Å². The van der Waals surface area contributed by atoms with Crippen molar-refractivity contribution < 1.29 is 0 Å². The second-order valence-electron chi connectivity index (χ2n) is 3.98. The zero-order valence-electron chi connectivity index (χ0n) is 8.94. The third-order valence-corrected chi connectivity index (χ3v) is 3.16. The highest BCUT2D eigenvalue weighted by Gasteiger charge is 2.02. The van der Waals surface area contributed by atoms with Crippen molar-refractivity contribution in [2.24, 2.45) is 0 Å². The summed E-state index contributed by atoms with van der Waals surface area (Å²) in [7, 11) is 0. The lowest BCUT2D eigenvalue weighted by Crippen LogP contribution is -1.80. The maximum absolute atomic E-state index is 8.94. The minimum Gasteiger partial charge on any atom is -0.192 e. The molecule has 3 rings (SSSR count). The molecule has 0 saturated carbocycles. The number of rotatable bonds is 0. The highest BCUT2D eigenvalue weighted by atomic mass is 35.5. The van der Waals surface area contributed by atoms with E-state index in [1.54, 1.807) is 0 Å². The van der Waals surface area contributed by atoms with Gasteiger partial charge in [-0.2, -0.15) is 5.26 Å². The Bertz CT molecular complexity index is 769. The van der Waals surface area contributed by atoms with Crippen molar-refractivity contribution in [3.05, 3.63) is 59.1 Å². The van der Waals surface area contributed by atoms with Gasteiger partial charge in [0.25, 0.3) is 0 Å². The summed E-state index contributed by atoms with van der Waals surface area (Å²) in [5.41, 5.74) is 0.681. The molecule has 0 heterocycles. The maximum Gasteiger partial charge on any atom is 0.0991 e. The summed E-state index contributed by atoms with van der Waals surface area (Å²) in [6.45, 7) is 0. The highest BCUT2D eigenvalue weighted by molar-refractivity contribution is 6.31. The topological polar surface area (TPSA) is 23.8 Å². The van der Waals surface area contributed by atoms with Gasteiger partial charge >= 0.3 is 0 Å². The molecular weight excluding hydrogens is 230 g/mol. The average molecular weight is 238 g/mol. The van der Waals surface area contributed by atoms with Crippen LogP contribution in [0.3, 0.4) is 0 Å². The lowest BCUT2D eigenvalue weighted by Gasteiger charge is -2.04. The van der Waals surface area contributed by atoms with Gasteiger partial charge in [-0.25, -0.2) is 0 Å². The van der Waals surface area contributed by atoms with Gasteiger partial charge < -0.3 is 0 Å². The van der Waals surface area contributed by atoms with E-state index in [9.17, 15) is 0 Å². The van der Waals surface area contributed by atoms with Crippen LogP contribution in [0.4, 0.5) is 0 Å². The maximum atomic E-state index is 8.94. The Labute approximate surface area is 104 Å². The van der Waals surface area contributed by atoms with E-state index >= 15 is 0 Å². The summed E-state index contributed by atoms with van der Waals surface area (Å²) < 4.78 is 0. The molecule has 0 atom stereocenters. The van der Waals surface area contributed by atoms with E-state index in [4.69, 9.17) is 16.9 Å². The van der Waals surface area contributed by atoms with Gasteiger partial charge in [0.1, 0.15) is 0 Å². The summed E-state index contributed by atoms with van der Waals surface area (Å²) >= 11 is 5.98. The van der Waals surface area contributed by atoms with Crippen molar-refractivity contribution >= 4 is 33.1 Å². The molecule has 0 aliphatic carbocycles. The third-order valence-electron chi connectivity index (χ3n) is 2.93. The Morgan fingerprint density at radius 2 is 1.59 bits per heavy atom. The van der Waals surface area contributed by atoms with Crippen LogP contribution in [0.1, 0.15) is 5.56 Å². The van der Waals surface area contributed by atoms with Crippen LogP contribution >= 0.6 is 11.6 Å². The summed E-state index contributed by atoms with van der Waals surface area (Å²) in [4.78, 5) is 0. The highest BCUT2D eigenvalue weighted by Crippen LogP contribution is 2.28. The Kier molecular flexibility index (Phi) is 2.24. The van der Waals surface area contributed by atoms with Crippen molar-refractivity contribution in [1.82, 2.24) is 0 Å². The van der Waals surface area contributed by atoms with Gasteiger partial charge in [0.15, 0.2) is 0 Å². The van der Waals surface area contributed by atoms with Crippen molar-refractivity contribution in [3.63, 3.8) is 0 Å². The van der Waals surface area contributed by atoms with E-state index < -0.39 is 0 Å². The minimum absolute atomic E-state index is 0.681. The molecule has 3 aromatic rings. The smallest absolute Gasteiger partial charge is 0.0991 e. The molecule has 0 amide bonds. The summed E-state index contributed by atoms with van der Waals surface area (Å²) in [6.07, 6.45) is 0. The molecule has 17 heavy (non-hydrogen) atoms. The Hall–Kier alpha value is -2.04. The molecule has 0 aromatic heterocycles. The van der Waals surface area contributed by atoms with Crippen molar-refractivity contribution in [3.8, 4) is 6.07 Å².